The molecule has 0 N–H and O–H groups in total. The standard InChI is InChI=1S/C19H20N4OS/c1-13-11-25-19-17(13)18(20-12-21-19)23-9-7-22(8-10-23)16-5-3-15(4-6-16)14(2)24/h3-6,11-12H,7-10H2,1-2H3. The van der Waals surface area contributed by atoms with Crippen molar-refractivity contribution in [3.05, 3.63) is 47.1 Å². The molecule has 128 valence electrons. The molecule has 5 nitrogen and oxygen atoms in total. The Morgan fingerprint density at radius 2 is 1.72 bits per heavy atom. The Hall–Kier alpha value is -2.47. The van der Waals surface area contributed by atoms with Crippen LogP contribution in [-0.4, -0.2) is 41.9 Å². The summed E-state index contributed by atoms with van der Waals surface area (Å²) >= 11 is 1.68. The number of anilines is 2. The van der Waals surface area contributed by atoms with Gasteiger partial charge in [0.1, 0.15) is 17.0 Å². The van der Waals surface area contributed by atoms with Gasteiger partial charge in [-0.3, -0.25) is 4.79 Å². The van der Waals surface area contributed by atoms with E-state index in [-0.39, 0.29) is 5.78 Å². The highest BCUT2D eigenvalue weighted by Gasteiger charge is 2.21. The van der Waals surface area contributed by atoms with E-state index in [0.29, 0.717) is 0 Å². The van der Waals surface area contributed by atoms with Crippen LogP contribution in [0.25, 0.3) is 10.2 Å². The van der Waals surface area contributed by atoms with Crippen molar-refractivity contribution in [1.29, 1.82) is 0 Å². The number of ketones is 1. The van der Waals surface area contributed by atoms with Crippen LogP contribution in [0.15, 0.2) is 36.0 Å². The normalized spacial score (nSPS) is 15.0. The summed E-state index contributed by atoms with van der Waals surface area (Å²) in [6, 6.07) is 7.90. The Morgan fingerprint density at radius 1 is 1.04 bits per heavy atom. The molecule has 1 aliphatic rings. The maximum atomic E-state index is 11.4. The van der Waals surface area contributed by atoms with Gasteiger partial charge in [-0.25, -0.2) is 9.97 Å². The number of hydrogen-bond donors (Lipinski definition) is 0. The predicted octanol–water partition coefficient (Wildman–Crippen LogP) is 3.53. The zero-order chi connectivity index (χ0) is 17.4. The van der Waals surface area contributed by atoms with Crippen molar-refractivity contribution >= 4 is 38.8 Å². The van der Waals surface area contributed by atoms with Crippen molar-refractivity contribution in [2.24, 2.45) is 0 Å². The van der Waals surface area contributed by atoms with Gasteiger partial charge in [0.05, 0.1) is 5.39 Å². The molecular formula is C19H20N4OS. The minimum Gasteiger partial charge on any atom is -0.368 e. The Balaban J connectivity index is 1.51. The number of rotatable bonds is 3. The molecule has 1 fully saturated rings. The van der Waals surface area contributed by atoms with Crippen molar-refractivity contribution in [3.8, 4) is 0 Å². The smallest absolute Gasteiger partial charge is 0.159 e. The highest BCUT2D eigenvalue weighted by molar-refractivity contribution is 7.17. The molecule has 4 rings (SSSR count). The molecule has 25 heavy (non-hydrogen) atoms. The monoisotopic (exact) mass is 352 g/mol. The maximum absolute atomic E-state index is 11.4. The van der Waals surface area contributed by atoms with E-state index in [1.165, 1.54) is 16.6 Å². The molecule has 0 atom stereocenters. The molecule has 6 heteroatoms. The van der Waals surface area contributed by atoms with Gasteiger partial charge in [0.25, 0.3) is 0 Å². The first kappa shape index (κ1) is 16.0. The average Bonchev–Trinajstić information content (AvgIpc) is 3.03. The van der Waals surface area contributed by atoms with Crippen LogP contribution < -0.4 is 9.80 Å². The van der Waals surface area contributed by atoms with E-state index >= 15 is 0 Å². The highest BCUT2D eigenvalue weighted by Crippen LogP contribution is 2.31. The minimum atomic E-state index is 0.107. The molecule has 0 spiro atoms. The van der Waals surface area contributed by atoms with Gasteiger partial charge in [-0.1, -0.05) is 0 Å². The van der Waals surface area contributed by atoms with Gasteiger partial charge in [-0.2, -0.15) is 0 Å². The van der Waals surface area contributed by atoms with E-state index in [0.717, 1.165) is 42.4 Å². The van der Waals surface area contributed by atoms with E-state index in [2.05, 4.69) is 32.1 Å². The van der Waals surface area contributed by atoms with Gasteiger partial charge in [-0.15, -0.1) is 11.3 Å². The third kappa shape index (κ3) is 2.98. The van der Waals surface area contributed by atoms with Crippen molar-refractivity contribution in [1.82, 2.24) is 9.97 Å². The maximum Gasteiger partial charge on any atom is 0.159 e. The molecule has 1 aromatic carbocycles. The number of carbonyl (C=O) groups is 1. The van der Waals surface area contributed by atoms with E-state index in [4.69, 9.17) is 0 Å². The predicted molar refractivity (Wildman–Crippen MR) is 103 cm³/mol. The van der Waals surface area contributed by atoms with Crippen LogP contribution >= 0.6 is 11.3 Å². The molecule has 3 heterocycles. The number of piperazine rings is 1. The number of benzene rings is 1. The fourth-order valence-corrected chi connectivity index (χ4v) is 4.21. The van der Waals surface area contributed by atoms with E-state index in [1.54, 1.807) is 24.6 Å². The number of Topliss-reactive ketones (excluding diaryl/α,β-unsaturated/α-hetero) is 1. The second-order valence-corrected chi connectivity index (χ2v) is 7.23. The molecule has 0 amide bonds. The van der Waals surface area contributed by atoms with Crippen LogP contribution in [0.4, 0.5) is 11.5 Å². The van der Waals surface area contributed by atoms with E-state index < -0.39 is 0 Å². The molecular weight excluding hydrogens is 332 g/mol. The Morgan fingerprint density at radius 3 is 2.40 bits per heavy atom. The molecule has 2 aromatic heterocycles. The SMILES string of the molecule is CC(=O)c1ccc(N2CCN(c3ncnc4scc(C)c34)CC2)cc1. The number of aryl methyl sites for hydroxylation is 1. The van der Waals surface area contributed by atoms with Crippen molar-refractivity contribution in [3.63, 3.8) is 0 Å². The third-order valence-corrected chi connectivity index (χ3v) is 5.76. The fourth-order valence-electron chi connectivity index (χ4n) is 3.32. The first-order chi connectivity index (χ1) is 12.1. The highest BCUT2D eigenvalue weighted by atomic mass is 32.1. The van der Waals surface area contributed by atoms with Gasteiger partial charge in [0.15, 0.2) is 5.78 Å². The quantitative estimate of drug-likeness (QED) is 0.675. The number of hydrogen-bond acceptors (Lipinski definition) is 6. The molecule has 0 unspecified atom stereocenters. The lowest BCUT2D eigenvalue weighted by Gasteiger charge is -2.37. The Bertz CT molecular complexity index is 911. The molecule has 3 aromatic rings. The molecule has 0 saturated carbocycles. The van der Waals surface area contributed by atoms with Gasteiger partial charge >= 0.3 is 0 Å². The van der Waals surface area contributed by atoms with Crippen molar-refractivity contribution in [2.75, 3.05) is 36.0 Å². The topological polar surface area (TPSA) is 49.3 Å². The lowest BCUT2D eigenvalue weighted by molar-refractivity contribution is 0.101. The lowest BCUT2D eigenvalue weighted by atomic mass is 10.1. The minimum absolute atomic E-state index is 0.107. The summed E-state index contributed by atoms with van der Waals surface area (Å²) in [6.45, 7) is 7.45. The van der Waals surface area contributed by atoms with Gasteiger partial charge < -0.3 is 9.80 Å². The van der Waals surface area contributed by atoms with Crippen LogP contribution in [-0.2, 0) is 0 Å². The van der Waals surface area contributed by atoms with Crippen molar-refractivity contribution in [2.45, 2.75) is 13.8 Å². The first-order valence-corrected chi connectivity index (χ1v) is 9.31. The summed E-state index contributed by atoms with van der Waals surface area (Å²) in [5.74, 6) is 1.16. The molecule has 0 aliphatic carbocycles. The Labute approximate surface area is 150 Å². The van der Waals surface area contributed by atoms with Gasteiger partial charge in [-0.05, 0) is 49.1 Å². The van der Waals surface area contributed by atoms with Crippen LogP contribution in [0.3, 0.4) is 0 Å². The summed E-state index contributed by atoms with van der Waals surface area (Å²) in [5.41, 5.74) is 3.18. The van der Waals surface area contributed by atoms with Crippen molar-refractivity contribution < 1.29 is 4.79 Å². The number of nitrogens with zero attached hydrogens (tertiary/aromatic N) is 4. The number of carbonyl (C=O) groups excluding carboxylic acids is 1. The molecule has 0 radical (unpaired) electrons. The third-order valence-electron chi connectivity index (χ3n) is 4.75. The summed E-state index contributed by atoms with van der Waals surface area (Å²) in [7, 11) is 0. The second-order valence-electron chi connectivity index (χ2n) is 6.37. The number of thiophene rings is 1. The largest absolute Gasteiger partial charge is 0.368 e. The van der Waals surface area contributed by atoms with E-state index in [1.807, 2.05) is 24.3 Å². The van der Waals surface area contributed by atoms with Crippen LogP contribution in [0.1, 0.15) is 22.8 Å². The number of aromatic nitrogens is 2. The molecule has 1 aliphatic heterocycles. The van der Waals surface area contributed by atoms with Gasteiger partial charge in [0.2, 0.25) is 0 Å². The summed E-state index contributed by atoms with van der Waals surface area (Å²) in [5, 5.41) is 3.34. The Kier molecular flexibility index (Phi) is 4.13. The van der Waals surface area contributed by atoms with E-state index in [9.17, 15) is 4.79 Å². The van der Waals surface area contributed by atoms with Gasteiger partial charge in [0, 0.05) is 37.4 Å². The zero-order valence-corrected chi connectivity index (χ0v) is 15.2. The lowest BCUT2D eigenvalue weighted by Crippen LogP contribution is -2.46. The molecule has 1 saturated heterocycles. The average molecular weight is 352 g/mol. The zero-order valence-electron chi connectivity index (χ0n) is 14.4. The van der Waals surface area contributed by atoms with Crippen LogP contribution in [0.5, 0.6) is 0 Å². The summed E-state index contributed by atoms with van der Waals surface area (Å²) in [6.07, 6.45) is 1.67. The fraction of sp³-hybridized carbons (Fsp3) is 0.316. The number of fused-ring (bicyclic) bond motifs is 1. The summed E-state index contributed by atoms with van der Waals surface area (Å²) in [4.78, 5) is 26.1. The van der Waals surface area contributed by atoms with Crippen LogP contribution in [0.2, 0.25) is 0 Å². The van der Waals surface area contributed by atoms with Crippen LogP contribution in [0, 0.1) is 6.92 Å². The second kappa shape index (κ2) is 6.44. The first-order valence-electron chi connectivity index (χ1n) is 8.43. The molecule has 0 bridgehead atoms. The summed E-state index contributed by atoms with van der Waals surface area (Å²) < 4.78 is 0.